The number of Topliss-reactive ketones (excluding diaryl/α,β-unsaturated/α-hetero) is 1. The second-order valence-electron chi connectivity index (χ2n) is 9.19. The molecule has 206 valence electrons. The van der Waals surface area contributed by atoms with E-state index in [9.17, 15) is 19.2 Å². The SMILES string of the molecule is CCCC[C@H](NC(=O)C(=O)CCCCc1ccc(OC)cc1)C(=O)NCCCC(=O)OCc1ccccc1. The predicted molar refractivity (Wildman–Crippen MR) is 145 cm³/mol. The fourth-order valence-corrected chi connectivity index (χ4v) is 3.81. The number of methoxy groups -OCH3 is 1. The van der Waals surface area contributed by atoms with Crippen molar-refractivity contribution in [3.8, 4) is 5.75 Å². The minimum Gasteiger partial charge on any atom is -0.497 e. The molecule has 38 heavy (non-hydrogen) atoms. The number of aryl methyl sites for hydroxylation is 1. The van der Waals surface area contributed by atoms with E-state index in [4.69, 9.17) is 9.47 Å². The second-order valence-corrected chi connectivity index (χ2v) is 9.19. The van der Waals surface area contributed by atoms with Crippen LogP contribution >= 0.6 is 0 Å². The maximum atomic E-state index is 12.7. The first-order valence-electron chi connectivity index (χ1n) is 13.4. The number of hydrogen-bond acceptors (Lipinski definition) is 6. The Kier molecular flexibility index (Phi) is 14.2. The van der Waals surface area contributed by atoms with Crippen LogP contribution in [-0.4, -0.2) is 43.3 Å². The first-order chi connectivity index (χ1) is 18.4. The van der Waals surface area contributed by atoms with Gasteiger partial charge < -0.3 is 20.1 Å². The van der Waals surface area contributed by atoms with Crippen LogP contribution in [0, 0.1) is 0 Å². The lowest BCUT2D eigenvalue weighted by atomic mass is 10.0. The van der Waals surface area contributed by atoms with E-state index >= 15 is 0 Å². The zero-order valence-electron chi connectivity index (χ0n) is 22.5. The zero-order chi connectivity index (χ0) is 27.6. The Bertz CT molecular complexity index is 1010. The Morgan fingerprint density at radius 2 is 1.58 bits per heavy atom. The average molecular weight is 525 g/mol. The third kappa shape index (κ3) is 12.0. The molecular formula is C30H40N2O6. The van der Waals surface area contributed by atoms with Gasteiger partial charge in [0.15, 0.2) is 0 Å². The first kappa shape index (κ1) is 30.5. The smallest absolute Gasteiger partial charge is 0.306 e. The molecule has 2 aromatic rings. The van der Waals surface area contributed by atoms with Gasteiger partial charge in [-0.3, -0.25) is 19.2 Å². The standard InChI is InChI=1S/C30H40N2O6/c1-3-4-14-26(29(35)31-21-10-16-28(34)38-22-24-12-6-5-7-13-24)32-30(36)27(33)15-9-8-11-23-17-19-25(37-2)20-18-23/h5-7,12-13,17-20,26H,3-4,8-11,14-16,21-22H2,1-2H3,(H,31,35)(H,32,36)/t26-/m0/s1. The van der Waals surface area contributed by atoms with Gasteiger partial charge in [0.25, 0.3) is 5.91 Å². The number of amides is 2. The largest absolute Gasteiger partial charge is 0.497 e. The minimum atomic E-state index is -0.782. The van der Waals surface area contributed by atoms with E-state index in [1.807, 2.05) is 61.5 Å². The Labute approximate surface area is 225 Å². The molecule has 2 amide bonds. The maximum Gasteiger partial charge on any atom is 0.306 e. The van der Waals surface area contributed by atoms with E-state index in [-0.39, 0.29) is 37.9 Å². The Morgan fingerprint density at radius 3 is 2.26 bits per heavy atom. The molecule has 0 radical (unpaired) electrons. The number of hydrogen-bond donors (Lipinski definition) is 2. The van der Waals surface area contributed by atoms with Crippen molar-refractivity contribution in [3.63, 3.8) is 0 Å². The van der Waals surface area contributed by atoms with Gasteiger partial charge in [-0.05, 0) is 55.4 Å². The molecule has 0 heterocycles. The van der Waals surface area contributed by atoms with E-state index in [2.05, 4.69) is 10.6 Å². The Hall–Kier alpha value is -3.68. The van der Waals surface area contributed by atoms with Crippen LogP contribution in [0.25, 0.3) is 0 Å². The van der Waals surface area contributed by atoms with Crippen molar-refractivity contribution < 1.29 is 28.7 Å². The third-order valence-electron chi connectivity index (χ3n) is 6.10. The van der Waals surface area contributed by atoms with Gasteiger partial charge in [-0.2, -0.15) is 0 Å². The monoisotopic (exact) mass is 524 g/mol. The van der Waals surface area contributed by atoms with Gasteiger partial charge in [0.05, 0.1) is 7.11 Å². The van der Waals surface area contributed by atoms with Crippen molar-refractivity contribution in [2.45, 2.75) is 77.4 Å². The van der Waals surface area contributed by atoms with E-state index in [1.54, 1.807) is 7.11 Å². The molecule has 0 aliphatic carbocycles. The molecule has 0 saturated carbocycles. The molecule has 0 spiro atoms. The molecule has 0 bridgehead atoms. The van der Waals surface area contributed by atoms with Crippen LogP contribution in [0.5, 0.6) is 5.75 Å². The van der Waals surface area contributed by atoms with Crippen LogP contribution in [0.2, 0.25) is 0 Å². The highest BCUT2D eigenvalue weighted by molar-refractivity contribution is 6.36. The van der Waals surface area contributed by atoms with Gasteiger partial charge in [-0.15, -0.1) is 0 Å². The van der Waals surface area contributed by atoms with Crippen LogP contribution in [0.3, 0.4) is 0 Å². The summed E-state index contributed by atoms with van der Waals surface area (Å²) >= 11 is 0. The molecule has 8 heteroatoms. The molecular weight excluding hydrogens is 484 g/mol. The summed E-state index contributed by atoms with van der Waals surface area (Å²) in [5.74, 6) is -1.14. The fourth-order valence-electron chi connectivity index (χ4n) is 3.81. The third-order valence-corrected chi connectivity index (χ3v) is 6.10. The fraction of sp³-hybridized carbons (Fsp3) is 0.467. The van der Waals surface area contributed by atoms with Crippen molar-refractivity contribution in [3.05, 3.63) is 65.7 Å². The van der Waals surface area contributed by atoms with Gasteiger partial charge in [-0.25, -0.2) is 0 Å². The van der Waals surface area contributed by atoms with Crippen LogP contribution in [-0.2, 0) is 36.9 Å². The van der Waals surface area contributed by atoms with Gasteiger partial charge in [-0.1, -0.05) is 62.2 Å². The maximum absolute atomic E-state index is 12.7. The van der Waals surface area contributed by atoms with E-state index < -0.39 is 17.7 Å². The quantitative estimate of drug-likeness (QED) is 0.171. The van der Waals surface area contributed by atoms with Crippen LogP contribution < -0.4 is 15.4 Å². The molecule has 0 aliphatic rings. The number of carbonyl (C=O) groups excluding carboxylic acids is 4. The highest BCUT2D eigenvalue weighted by Gasteiger charge is 2.23. The number of esters is 1. The lowest BCUT2D eigenvalue weighted by molar-refractivity contribution is -0.145. The van der Waals surface area contributed by atoms with E-state index in [0.717, 1.165) is 42.6 Å². The highest BCUT2D eigenvalue weighted by Crippen LogP contribution is 2.14. The van der Waals surface area contributed by atoms with Gasteiger partial charge in [0.2, 0.25) is 11.7 Å². The second kappa shape index (κ2) is 17.7. The molecule has 2 N–H and O–H groups in total. The van der Waals surface area contributed by atoms with Gasteiger partial charge >= 0.3 is 5.97 Å². The van der Waals surface area contributed by atoms with Crippen LogP contribution in [0.1, 0.15) is 69.4 Å². The summed E-state index contributed by atoms with van der Waals surface area (Å²) in [4.78, 5) is 49.4. The number of unbranched alkanes of at least 4 members (excludes halogenated alkanes) is 2. The molecule has 2 rings (SSSR count). The molecule has 0 unspecified atom stereocenters. The summed E-state index contributed by atoms with van der Waals surface area (Å²) in [6.45, 7) is 2.48. The lowest BCUT2D eigenvalue weighted by Gasteiger charge is -2.18. The summed E-state index contributed by atoms with van der Waals surface area (Å²) in [5.41, 5.74) is 2.05. The van der Waals surface area contributed by atoms with E-state index in [1.165, 1.54) is 0 Å². The molecule has 0 fully saturated rings. The van der Waals surface area contributed by atoms with Crippen molar-refractivity contribution >= 4 is 23.6 Å². The first-order valence-corrected chi connectivity index (χ1v) is 13.4. The molecule has 0 aromatic heterocycles. The summed E-state index contributed by atoms with van der Waals surface area (Å²) < 4.78 is 10.4. The van der Waals surface area contributed by atoms with Crippen molar-refractivity contribution in [2.24, 2.45) is 0 Å². The van der Waals surface area contributed by atoms with Crippen molar-refractivity contribution in [2.75, 3.05) is 13.7 Å². The van der Waals surface area contributed by atoms with E-state index in [0.29, 0.717) is 19.3 Å². The number of rotatable bonds is 18. The number of ether oxygens (including phenoxy) is 2. The Morgan fingerprint density at radius 1 is 0.842 bits per heavy atom. The van der Waals surface area contributed by atoms with Gasteiger partial charge in [0.1, 0.15) is 18.4 Å². The molecule has 2 aromatic carbocycles. The summed E-state index contributed by atoms with van der Waals surface area (Å²) in [5, 5.41) is 5.37. The van der Waals surface area contributed by atoms with Crippen molar-refractivity contribution in [1.82, 2.24) is 10.6 Å². The van der Waals surface area contributed by atoms with Crippen LogP contribution in [0.15, 0.2) is 54.6 Å². The molecule has 0 saturated heterocycles. The number of carbonyl (C=O) groups is 4. The topological polar surface area (TPSA) is 111 Å². The summed E-state index contributed by atoms with van der Waals surface area (Å²) in [6.07, 6.45) is 4.93. The number of nitrogens with one attached hydrogen (secondary N) is 2. The minimum absolute atomic E-state index is 0.134. The normalized spacial score (nSPS) is 11.3. The Balaban J connectivity index is 1.67. The lowest BCUT2D eigenvalue weighted by Crippen LogP contribution is -2.48. The average Bonchev–Trinajstić information content (AvgIpc) is 2.95. The van der Waals surface area contributed by atoms with Gasteiger partial charge in [0, 0.05) is 19.4 Å². The molecule has 1 atom stereocenters. The number of ketones is 1. The predicted octanol–water partition coefficient (Wildman–Crippen LogP) is 4.29. The highest BCUT2D eigenvalue weighted by atomic mass is 16.5. The van der Waals surface area contributed by atoms with Crippen molar-refractivity contribution in [1.29, 1.82) is 0 Å². The molecule has 8 nitrogen and oxygen atoms in total. The summed E-state index contributed by atoms with van der Waals surface area (Å²) in [7, 11) is 1.62. The summed E-state index contributed by atoms with van der Waals surface area (Å²) in [6, 6.07) is 16.4. The number of benzene rings is 2. The molecule has 0 aliphatic heterocycles. The van der Waals surface area contributed by atoms with Crippen LogP contribution in [0.4, 0.5) is 0 Å². The zero-order valence-corrected chi connectivity index (χ0v) is 22.5.